The third kappa shape index (κ3) is 2.61. The van der Waals surface area contributed by atoms with Crippen molar-refractivity contribution in [3.8, 4) is 11.8 Å². The number of rotatable bonds is 3. The second kappa shape index (κ2) is 5.56. The Hall–Kier alpha value is -2.36. The summed E-state index contributed by atoms with van der Waals surface area (Å²) in [6.07, 6.45) is 1.53. The number of aromatic nitrogens is 2. The van der Waals surface area contributed by atoms with Crippen molar-refractivity contribution in [2.45, 2.75) is 0 Å². The maximum Gasteiger partial charge on any atom is 0.189 e. The van der Waals surface area contributed by atoms with Crippen LogP contribution in [0.2, 0.25) is 5.02 Å². The van der Waals surface area contributed by atoms with Crippen LogP contribution >= 0.6 is 22.9 Å². The number of hydrogen-bond donors (Lipinski definition) is 1. The number of ether oxygens (including phenoxy) is 1. The van der Waals surface area contributed by atoms with Crippen molar-refractivity contribution in [3.05, 3.63) is 41.0 Å². The molecular weight excluding hydrogens is 308 g/mol. The molecule has 0 amide bonds. The Morgan fingerprint density at radius 1 is 1.38 bits per heavy atom. The zero-order valence-electron chi connectivity index (χ0n) is 10.9. The Morgan fingerprint density at radius 3 is 3.00 bits per heavy atom. The van der Waals surface area contributed by atoms with E-state index in [1.54, 1.807) is 13.2 Å². The van der Waals surface area contributed by atoms with Crippen LogP contribution < -0.4 is 10.1 Å². The van der Waals surface area contributed by atoms with E-state index < -0.39 is 0 Å². The first-order valence-electron chi connectivity index (χ1n) is 5.97. The molecule has 3 rings (SSSR count). The first-order chi connectivity index (χ1) is 10.2. The first-order valence-corrected chi connectivity index (χ1v) is 7.17. The van der Waals surface area contributed by atoms with Crippen molar-refractivity contribution in [1.82, 2.24) is 9.97 Å². The summed E-state index contributed by atoms with van der Waals surface area (Å²) in [5, 5.41) is 13.0. The number of nitrogens with one attached hydrogen (secondary N) is 1. The summed E-state index contributed by atoms with van der Waals surface area (Å²) in [6.45, 7) is 0. The fraction of sp³-hybridized carbons (Fsp3) is 0.0714. The van der Waals surface area contributed by atoms with Gasteiger partial charge in [0.15, 0.2) is 10.9 Å². The summed E-state index contributed by atoms with van der Waals surface area (Å²) >= 11 is 7.57. The van der Waals surface area contributed by atoms with Gasteiger partial charge in [0, 0.05) is 6.20 Å². The van der Waals surface area contributed by atoms with Crippen LogP contribution in [0, 0.1) is 11.3 Å². The van der Waals surface area contributed by atoms with E-state index in [9.17, 15) is 0 Å². The van der Waals surface area contributed by atoms with Gasteiger partial charge in [-0.15, -0.1) is 0 Å². The molecule has 1 N–H and O–H groups in total. The number of anilines is 2. The van der Waals surface area contributed by atoms with Crippen LogP contribution in [0.4, 0.5) is 10.9 Å². The maximum absolute atomic E-state index is 8.96. The molecule has 7 heteroatoms. The van der Waals surface area contributed by atoms with Gasteiger partial charge in [0.1, 0.15) is 16.8 Å². The van der Waals surface area contributed by atoms with Gasteiger partial charge in [-0.3, -0.25) is 0 Å². The van der Waals surface area contributed by atoms with Crippen LogP contribution in [0.15, 0.2) is 30.5 Å². The predicted molar refractivity (Wildman–Crippen MR) is 83.4 cm³/mol. The third-order valence-electron chi connectivity index (χ3n) is 2.83. The van der Waals surface area contributed by atoms with Crippen LogP contribution in [0.1, 0.15) is 5.56 Å². The molecule has 0 unspecified atom stereocenters. The minimum absolute atomic E-state index is 0.289. The zero-order valence-corrected chi connectivity index (χ0v) is 12.5. The van der Waals surface area contributed by atoms with Crippen molar-refractivity contribution in [3.63, 3.8) is 0 Å². The molecule has 2 aromatic heterocycles. The number of benzene rings is 1. The highest BCUT2D eigenvalue weighted by Gasteiger charge is 2.10. The van der Waals surface area contributed by atoms with E-state index in [2.05, 4.69) is 15.3 Å². The largest absolute Gasteiger partial charge is 0.497 e. The SMILES string of the molecule is COc1ccc2nc(Nc3nccc(C#N)c3Cl)sc2c1. The molecule has 0 bridgehead atoms. The van der Waals surface area contributed by atoms with Gasteiger partial charge in [-0.05, 0) is 24.3 Å². The lowest BCUT2D eigenvalue weighted by molar-refractivity contribution is 0.415. The Bertz CT molecular complexity index is 856. The van der Waals surface area contributed by atoms with Crippen molar-refractivity contribution in [1.29, 1.82) is 5.26 Å². The predicted octanol–water partition coefficient (Wildman–Crippen LogP) is 3.97. The van der Waals surface area contributed by atoms with Gasteiger partial charge in [0.2, 0.25) is 0 Å². The average Bonchev–Trinajstić information content (AvgIpc) is 2.90. The molecule has 5 nitrogen and oxygen atoms in total. The molecule has 0 radical (unpaired) electrons. The van der Waals surface area contributed by atoms with E-state index in [0.717, 1.165) is 16.0 Å². The van der Waals surface area contributed by atoms with E-state index in [-0.39, 0.29) is 5.02 Å². The topological polar surface area (TPSA) is 70.8 Å². The van der Waals surface area contributed by atoms with Crippen LogP contribution in [0.5, 0.6) is 5.75 Å². The monoisotopic (exact) mass is 316 g/mol. The van der Waals surface area contributed by atoms with E-state index >= 15 is 0 Å². The summed E-state index contributed by atoms with van der Waals surface area (Å²) in [5.41, 5.74) is 1.23. The fourth-order valence-corrected chi connectivity index (χ4v) is 2.90. The average molecular weight is 317 g/mol. The van der Waals surface area contributed by atoms with Gasteiger partial charge in [-0.25, -0.2) is 9.97 Å². The van der Waals surface area contributed by atoms with Gasteiger partial charge < -0.3 is 10.1 Å². The molecule has 0 atom stereocenters. The second-order valence-electron chi connectivity index (χ2n) is 4.11. The highest BCUT2D eigenvalue weighted by Crippen LogP contribution is 2.32. The Balaban J connectivity index is 1.97. The number of hydrogen-bond acceptors (Lipinski definition) is 6. The number of pyridine rings is 1. The van der Waals surface area contributed by atoms with Crippen LogP contribution in [-0.4, -0.2) is 17.1 Å². The Labute approximate surface area is 129 Å². The van der Waals surface area contributed by atoms with E-state index in [1.807, 2.05) is 24.3 Å². The van der Waals surface area contributed by atoms with Crippen molar-refractivity contribution >= 4 is 44.1 Å². The van der Waals surface area contributed by atoms with Crippen molar-refractivity contribution in [2.75, 3.05) is 12.4 Å². The third-order valence-corrected chi connectivity index (χ3v) is 4.15. The molecule has 3 aromatic rings. The van der Waals surface area contributed by atoms with Gasteiger partial charge in [-0.2, -0.15) is 5.26 Å². The van der Waals surface area contributed by atoms with Gasteiger partial charge in [0.25, 0.3) is 0 Å². The fourth-order valence-electron chi connectivity index (χ4n) is 1.80. The lowest BCUT2D eigenvalue weighted by Crippen LogP contribution is -1.95. The molecular formula is C14H9ClN4OS. The smallest absolute Gasteiger partial charge is 0.189 e. The Morgan fingerprint density at radius 2 is 2.24 bits per heavy atom. The molecule has 0 aliphatic rings. The number of fused-ring (bicyclic) bond motifs is 1. The molecule has 21 heavy (non-hydrogen) atoms. The number of nitrogens with zero attached hydrogens (tertiary/aromatic N) is 3. The quantitative estimate of drug-likeness (QED) is 0.791. The molecule has 1 aromatic carbocycles. The van der Waals surface area contributed by atoms with E-state index in [1.165, 1.54) is 17.5 Å². The van der Waals surface area contributed by atoms with Crippen LogP contribution in [-0.2, 0) is 0 Å². The standard InChI is InChI=1S/C14H9ClN4OS/c1-20-9-2-3-10-11(6-9)21-14(18-10)19-13-12(15)8(7-16)4-5-17-13/h2-6H,1H3,(H,17,18,19). The minimum Gasteiger partial charge on any atom is -0.497 e. The minimum atomic E-state index is 0.289. The number of methoxy groups -OCH3 is 1. The molecule has 2 heterocycles. The summed E-state index contributed by atoms with van der Waals surface area (Å²) in [4.78, 5) is 8.58. The molecule has 0 aliphatic heterocycles. The summed E-state index contributed by atoms with van der Waals surface area (Å²) in [6, 6.07) is 9.24. The normalized spacial score (nSPS) is 10.3. The highest BCUT2D eigenvalue weighted by atomic mass is 35.5. The molecule has 0 spiro atoms. The molecule has 0 aliphatic carbocycles. The molecule has 0 saturated carbocycles. The Kier molecular flexibility index (Phi) is 3.60. The lowest BCUT2D eigenvalue weighted by Gasteiger charge is -2.04. The van der Waals surface area contributed by atoms with Gasteiger partial charge >= 0.3 is 0 Å². The number of thiazole rings is 1. The molecule has 0 saturated heterocycles. The zero-order chi connectivity index (χ0) is 14.8. The van der Waals surface area contributed by atoms with Crippen LogP contribution in [0.25, 0.3) is 10.2 Å². The van der Waals surface area contributed by atoms with Crippen molar-refractivity contribution in [2.24, 2.45) is 0 Å². The summed E-state index contributed by atoms with van der Waals surface area (Å²) in [7, 11) is 1.62. The lowest BCUT2D eigenvalue weighted by atomic mass is 10.3. The van der Waals surface area contributed by atoms with Crippen molar-refractivity contribution < 1.29 is 4.74 Å². The second-order valence-corrected chi connectivity index (χ2v) is 5.52. The molecule has 104 valence electrons. The first kappa shape index (κ1) is 13.6. The van der Waals surface area contributed by atoms with Gasteiger partial charge in [-0.1, -0.05) is 22.9 Å². The van der Waals surface area contributed by atoms with Crippen LogP contribution in [0.3, 0.4) is 0 Å². The summed E-state index contributed by atoms with van der Waals surface area (Å²) in [5.74, 6) is 1.20. The molecule has 0 fully saturated rings. The maximum atomic E-state index is 8.96. The number of halogens is 1. The highest BCUT2D eigenvalue weighted by molar-refractivity contribution is 7.22. The number of nitriles is 1. The van der Waals surface area contributed by atoms with E-state index in [0.29, 0.717) is 16.5 Å². The van der Waals surface area contributed by atoms with Gasteiger partial charge in [0.05, 0.1) is 22.9 Å². The van der Waals surface area contributed by atoms with E-state index in [4.69, 9.17) is 21.6 Å². The summed E-state index contributed by atoms with van der Waals surface area (Å²) < 4.78 is 6.18.